The molecule has 1 fully saturated rings. The Morgan fingerprint density at radius 2 is 2.00 bits per heavy atom. The van der Waals surface area contributed by atoms with Gasteiger partial charge < -0.3 is 29.9 Å². The maximum atomic E-state index is 9.39. The molecule has 0 unspecified atom stereocenters. The molecule has 0 aromatic carbocycles. The molecule has 0 saturated carbocycles. The normalized spacial score (nSPS) is 50.8. The van der Waals surface area contributed by atoms with Crippen LogP contribution in [-0.2, 0) is 9.47 Å². The zero-order valence-corrected chi connectivity index (χ0v) is 6.70. The fraction of sp³-hybridized carbons (Fsp3) is 1.00. The molecule has 78 valence electrons. The maximum Gasteiger partial charge on any atom is 0.186 e. The molecule has 4 N–H and O–H groups in total. The molecule has 0 aliphatic carbocycles. The summed E-state index contributed by atoms with van der Waals surface area (Å²) in [7, 11) is -2.81. The molecule has 6 heteroatoms. The van der Waals surface area contributed by atoms with E-state index in [0.717, 1.165) is 0 Å². The van der Waals surface area contributed by atoms with Crippen LogP contribution in [0.25, 0.3) is 0 Å². The summed E-state index contributed by atoms with van der Waals surface area (Å²) in [6, 6.07) is 0. The zero-order valence-electron chi connectivity index (χ0n) is 9.70. The van der Waals surface area contributed by atoms with Crippen molar-refractivity contribution in [3.05, 3.63) is 0 Å². The minimum atomic E-state index is -2.81. The van der Waals surface area contributed by atoms with Gasteiger partial charge in [0.2, 0.25) is 0 Å². The van der Waals surface area contributed by atoms with E-state index in [4.69, 9.17) is 14.0 Å². The van der Waals surface area contributed by atoms with E-state index in [1.165, 1.54) is 0 Å². The Morgan fingerprint density at radius 3 is 2.54 bits per heavy atom. The van der Waals surface area contributed by atoms with E-state index in [2.05, 4.69) is 4.74 Å². The van der Waals surface area contributed by atoms with Crippen molar-refractivity contribution in [1.82, 2.24) is 0 Å². The highest BCUT2D eigenvalue weighted by Gasteiger charge is 2.43. The number of aliphatic hydroxyl groups excluding tert-OH is 4. The topological polar surface area (TPSA) is 99.4 Å². The monoisotopic (exact) mass is 200 g/mol. The number of methoxy groups -OCH3 is 1. The second-order valence-electron chi connectivity index (χ2n) is 2.82. The third kappa shape index (κ3) is 1.98. The Bertz CT molecular complexity index is 233. The fourth-order valence-corrected chi connectivity index (χ4v) is 1.16. The average molecular weight is 200 g/mol. The van der Waals surface area contributed by atoms with E-state index in [0.29, 0.717) is 0 Å². The highest BCUT2D eigenvalue weighted by molar-refractivity contribution is 4.88. The molecule has 1 aliphatic rings. The lowest BCUT2D eigenvalue weighted by Crippen LogP contribution is -2.58. The number of aliphatic hydroxyl groups is 4. The van der Waals surface area contributed by atoms with Crippen LogP contribution in [0.4, 0.5) is 0 Å². The molecular formula is C7H14O6. The highest BCUT2D eigenvalue weighted by Crippen LogP contribution is 2.20. The van der Waals surface area contributed by atoms with Crippen molar-refractivity contribution in [2.45, 2.75) is 30.7 Å². The SMILES string of the molecule is [3H]C([3H])([3H])O[C@H]1O[C@H](CO)[C@@H](O)[C@H](O)[C@H]1O. The Kier molecular flexibility index (Phi) is 2.36. The zero-order chi connectivity index (χ0) is 12.5. The van der Waals surface area contributed by atoms with Crippen LogP contribution >= 0.6 is 0 Å². The molecular weight excluding hydrogens is 180 g/mol. The van der Waals surface area contributed by atoms with E-state index in [9.17, 15) is 15.3 Å². The quantitative estimate of drug-likeness (QED) is 0.391. The third-order valence-electron chi connectivity index (χ3n) is 1.96. The average Bonchev–Trinajstić information content (AvgIpc) is 2.17. The van der Waals surface area contributed by atoms with Crippen LogP contribution in [0.15, 0.2) is 0 Å². The van der Waals surface area contributed by atoms with Crippen molar-refractivity contribution in [3.63, 3.8) is 0 Å². The molecule has 1 aliphatic heterocycles. The number of rotatable bonds is 2. The minimum absolute atomic E-state index is 0.633. The fourth-order valence-electron chi connectivity index (χ4n) is 1.16. The Hall–Kier alpha value is -0.240. The van der Waals surface area contributed by atoms with Gasteiger partial charge in [0.05, 0.1) is 10.7 Å². The van der Waals surface area contributed by atoms with Crippen molar-refractivity contribution in [2.75, 3.05) is 13.6 Å². The smallest absolute Gasteiger partial charge is 0.186 e. The van der Waals surface area contributed by atoms with Crippen LogP contribution in [-0.4, -0.2) is 64.8 Å². The second-order valence-corrected chi connectivity index (χ2v) is 2.82. The van der Waals surface area contributed by atoms with Crippen LogP contribution < -0.4 is 0 Å². The number of hydrogen-bond acceptors (Lipinski definition) is 6. The first-order valence-corrected chi connectivity index (χ1v) is 3.74. The van der Waals surface area contributed by atoms with Gasteiger partial charge in [-0.2, -0.15) is 0 Å². The van der Waals surface area contributed by atoms with Gasteiger partial charge in [-0.15, -0.1) is 0 Å². The van der Waals surface area contributed by atoms with Gasteiger partial charge in [0.15, 0.2) is 6.29 Å². The van der Waals surface area contributed by atoms with Crippen LogP contribution in [0, 0.1) is 0 Å². The summed E-state index contributed by atoms with van der Waals surface area (Å²) in [5.74, 6) is 0. The number of hydrogen-bond donors (Lipinski definition) is 4. The summed E-state index contributed by atoms with van der Waals surface area (Å²) < 4.78 is 29.6. The van der Waals surface area contributed by atoms with E-state index in [1.807, 2.05) is 0 Å². The molecule has 1 saturated heterocycles. The predicted octanol–water partition coefficient (Wildman–Crippen LogP) is -2.57. The molecule has 0 spiro atoms. The van der Waals surface area contributed by atoms with Crippen molar-refractivity contribution in [2.24, 2.45) is 0 Å². The standard InChI is InChI=1S/C7H14O6/c1-12-7-6(11)5(10)4(9)3(2-8)13-7/h3-11H,2H2,1H3/t3-,4-,5+,6-,7+/m1/s1/i1T3. The summed E-state index contributed by atoms with van der Waals surface area (Å²) in [6.07, 6.45) is -7.67. The molecule has 13 heavy (non-hydrogen) atoms. The van der Waals surface area contributed by atoms with Gasteiger partial charge in [-0.3, -0.25) is 0 Å². The van der Waals surface area contributed by atoms with Gasteiger partial charge in [0, 0.05) is 7.04 Å². The molecule has 0 aromatic heterocycles. The molecule has 0 radical (unpaired) electrons. The van der Waals surface area contributed by atoms with Crippen molar-refractivity contribution < 1.29 is 34.0 Å². The predicted molar refractivity (Wildman–Crippen MR) is 40.8 cm³/mol. The van der Waals surface area contributed by atoms with E-state index >= 15 is 0 Å². The molecule has 1 rings (SSSR count). The molecule has 1 heterocycles. The summed E-state index contributed by atoms with van der Waals surface area (Å²) >= 11 is 0. The van der Waals surface area contributed by atoms with Crippen molar-refractivity contribution in [1.29, 1.82) is 0 Å². The molecule has 6 nitrogen and oxygen atoms in total. The summed E-state index contributed by atoms with van der Waals surface area (Å²) in [5, 5.41) is 36.9. The van der Waals surface area contributed by atoms with E-state index < -0.39 is 44.4 Å². The van der Waals surface area contributed by atoms with Gasteiger partial charge in [-0.05, 0) is 0 Å². The van der Waals surface area contributed by atoms with E-state index in [-0.39, 0.29) is 0 Å². The van der Waals surface area contributed by atoms with Gasteiger partial charge in [-0.1, -0.05) is 0 Å². The Labute approximate surface area is 79.5 Å². The van der Waals surface area contributed by atoms with Gasteiger partial charge in [0.1, 0.15) is 24.4 Å². The first-order valence-electron chi connectivity index (χ1n) is 5.24. The van der Waals surface area contributed by atoms with Crippen molar-refractivity contribution >= 4 is 0 Å². The van der Waals surface area contributed by atoms with Gasteiger partial charge in [0.25, 0.3) is 0 Å². The Morgan fingerprint density at radius 1 is 1.31 bits per heavy atom. The summed E-state index contributed by atoms with van der Waals surface area (Å²) in [6.45, 7) is -0.633. The first kappa shape index (κ1) is 7.10. The highest BCUT2D eigenvalue weighted by atomic mass is 16.7. The largest absolute Gasteiger partial charge is 0.394 e. The number of ether oxygens (including phenoxy) is 2. The van der Waals surface area contributed by atoms with Crippen molar-refractivity contribution in [3.8, 4) is 0 Å². The summed E-state index contributed by atoms with van der Waals surface area (Å²) in [5.41, 5.74) is 0. The first-order chi connectivity index (χ1) is 7.26. The molecule has 0 aromatic rings. The lowest BCUT2D eigenvalue weighted by atomic mass is 9.99. The molecule has 0 bridgehead atoms. The molecule has 0 amide bonds. The van der Waals surface area contributed by atoms with Crippen LogP contribution in [0.2, 0.25) is 0 Å². The van der Waals surface area contributed by atoms with Crippen LogP contribution in [0.3, 0.4) is 0 Å². The lowest BCUT2D eigenvalue weighted by molar-refractivity contribution is -0.294. The van der Waals surface area contributed by atoms with Crippen LogP contribution in [0.5, 0.6) is 0 Å². The lowest BCUT2D eigenvalue weighted by Gasteiger charge is -2.38. The van der Waals surface area contributed by atoms with E-state index in [1.54, 1.807) is 0 Å². The van der Waals surface area contributed by atoms with Crippen LogP contribution in [0.1, 0.15) is 4.11 Å². The van der Waals surface area contributed by atoms with Gasteiger partial charge >= 0.3 is 0 Å². The molecule has 5 atom stereocenters. The second kappa shape index (κ2) is 4.32. The maximum absolute atomic E-state index is 9.39. The minimum Gasteiger partial charge on any atom is -0.394 e. The Balaban J connectivity index is 2.71. The third-order valence-corrected chi connectivity index (χ3v) is 1.96. The summed E-state index contributed by atoms with van der Waals surface area (Å²) in [4.78, 5) is 0. The van der Waals surface area contributed by atoms with Gasteiger partial charge in [-0.25, -0.2) is 0 Å².